The van der Waals surface area contributed by atoms with E-state index in [0.29, 0.717) is 0 Å². The molecule has 0 radical (unpaired) electrons. The molecule has 1 unspecified atom stereocenters. The van der Waals surface area contributed by atoms with Crippen LogP contribution in [0.1, 0.15) is 18.5 Å². The summed E-state index contributed by atoms with van der Waals surface area (Å²) < 4.78 is 36.1. The maximum Gasteiger partial charge on any atom is 0.342 e. The number of alkyl halides is 1. The van der Waals surface area contributed by atoms with Gasteiger partial charge in [0.25, 0.3) is 0 Å². The molecular formula is C12H15F2NO3. The fraction of sp³-hybridized carbons (Fsp3) is 0.417. The number of halogens is 2. The van der Waals surface area contributed by atoms with Gasteiger partial charge in [0.05, 0.1) is 19.8 Å². The average Bonchev–Trinajstić information content (AvgIpc) is 2.37. The maximum absolute atomic E-state index is 13.7. The molecule has 0 heterocycles. The molecule has 0 amide bonds. The number of carbonyl (C=O) groups excluding carboxylic acids is 1. The Balaban J connectivity index is 2.95. The molecule has 1 aromatic carbocycles. The third-order valence-corrected chi connectivity index (χ3v) is 2.38. The molecule has 0 bridgehead atoms. The lowest BCUT2D eigenvalue weighted by atomic mass is 10.0. The van der Waals surface area contributed by atoms with Crippen molar-refractivity contribution < 1.29 is 23.0 Å². The molecule has 1 rings (SSSR count). The van der Waals surface area contributed by atoms with Gasteiger partial charge in [0.2, 0.25) is 6.17 Å². The monoisotopic (exact) mass is 259 g/mol. The number of ether oxygens (including phenoxy) is 2. The van der Waals surface area contributed by atoms with Crippen LogP contribution in [0, 0.1) is 5.82 Å². The van der Waals surface area contributed by atoms with E-state index in [4.69, 9.17) is 10.5 Å². The van der Waals surface area contributed by atoms with Crippen LogP contribution in [0.15, 0.2) is 18.2 Å². The number of methoxy groups -OCH3 is 1. The van der Waals surface area contributed by atoms with E-state index < -0.39 is 24.0 Å². The highest BCUT2D eigenvalue weighted by Gasteiger charge is 2.29. The maximum atomic E-state index is 13.7. The Bertz CT molecular complexity index is 426. The van der Waals surface area contributed by atoms with Crippen LogP contribution in [-0.4, -0.2) is 25.9 Å². The van der Waals surface area contributed by atoms with Gasteiger partial charge < -0.3 is 15.2 Å². The zero-order valence-electron chi connectivity index (χ0n) is 10.2. The highest BCUT2D eigenvalue weighted by molar-refractivity contribution is 5.76. The molecule has 0 saturated carbocycles. The molecule has 18 heavy (non-hydrogen) atoms. The van der Waals surface area contributed by atoms with Gasteiger partial charge in [0.15, 0.2) is 0 Å². The predicted molar refractivity (Wildman–Crippen MR) is 61.4 cm³/mol. The van der Waals surface area contributed by atoms with E-state index in [-0.39, 0.29) is 17.9 Å². The minimum Gasteiger partial charge on any atom is -0.496 e. The SMILES string of the molecule is CCOC(=O)C(F)[C@H](N)c1ccc(F)cc1OC. The molecule has 0 aromatic heterocycles. The van der Waals surface area contributed by atoms with Crippen LogP contribution in [0.25, 0.3) is 0 Å². The van der Waals surface area contributed by atoms with E-state index in [0.717, 1.165) is 12.1 Å². The van der Waals surface area contributed by atoms with Gasteiger partial charge >= 0.3 is 5.97 Å². The quantitative estimate of drug-likeness (QED) is 0.818. The Morgan fingerprint density at radius 1 is 1.50 bits per heavy atom. The fourth-order valence-electron chi connectivity index (χ4n) is 1.49. The minimum absolute atomic E-state index is 0.0620. The molecule has 0 aliphatic heterocycles. The molecule has 0 spiro atoms. The molecule has 0 saturated heterocycles. The molecular weight excluding hydrogens is 244 g/mol. The van der Waals surface area contributed by atoms with Gasteiger partial charge in [0.1, 0.15) is 11.6 Å². The van der Waals surface area contributed by atoms with E-state index in [1.165, 1.54) is 13.2 Å². The van der Waals surface area contributed by atoms with Gasteiger partial charge in [-0.3, -0.25) is 0 Å². The van der Waals surface area contributed by atoms with Gasteiger partial charge in [-0.1, -0.05) is 6.07 Å². The van der Waals surface area contributed by atoms with Crippen LogP contribution in [0.3, 0.4) is 0 Å². The van der Waals surface area contributed by atoms with Crippen molar-refractivity contribution in [3.8, 4) is 5.75 Å². The predicted octanol–water partition coefficient (Wildman–Crippen LogP) is 1.74. The first-order valence-corrected chi connectivity index (χ1v) is 5.41. The minimum atomic E-state index is -2.02. The molecule has 0 aliphatic carbocycles. The number of hydrogen-bond acceptors (Lipinski definition) is 4. The molecule has 2 atom stereocenters. The topological polar surface area (TPSA) is 61.5 Å². The van der Waals surface area contributed by atoms with Crippen LogP contribution in [0.2, 0.25) is 0 Å². The number of rotatable bonds is 5. The average molecular weight is 259 g/mol. The van der Waals surface area contributed by atoms with E-state index in [1.54, 1.807) is 6.92 Å². The number of benzene rings is 1. The summed E-state index contributed by atoms with van der Waals surface area (Å²) in [6, 6.07) is 2.22. The van der Waals surface area contributed by atoms with Crippen LogP contribution in [0.4, 0.5) is 8.78 Å². The summed E-state index contributed by atoms with van der Waals surface area (Å²) in [6.45, 7) is 1.63. The molecule has 1 aromatic rings. The Labute approximate surface area is 104 Å². The number of nitrogens with two attached hydrogens (primary N) is 1. The summed E-state index contributed by atoms with van der Waals surface area (Å²) in [5, 5.41) is 0. The second-order valence-electron chi connectivity index (χ2n) is 3.57. The van der Waals surface area contributed by atoms with Crippen molar-refractivity contribution in [2.45, 2.75) is 19.1 Å². The zero-order valence-corrected chi connectivity index (χ0v) is 10.2. The molecule has 6 heteroatoms. The van der Waals surface area contributed by atoms with E-state index in [2.05, 4.69) is 4.74 Å². The highest BCUT2D eigenvalue weighted by atomic mass is 19.1. The standard InChI is InChI=1S/C12H15F2NO3/c1-3-18-12(16)10(14)11(15)8-5-4-7(13)6-9(8)17-2/h4-6,10-11H,3,15H2,1-2H3/t10?,11-/m1/s1. The van der Waals surface area contributed by atoms with Crippen LogP contribution in [0.5, 0.6) is 5.75 Å². The Morgan fingerprint density at radius 3 is 2.72 bits per heavy atom. The number of esters is 1. The molecule has 0 aliphatic rings. The lowest BCUT2D eigenvalue weighted by Crippen LogP contribution is -2.31. The first-order valence-electron chi connectivity index (χ1n) is 5.41. The summed E-state index contributed by atoms with van der Waals surface area (Å²) in [5.41, 5.74) is 5.83. The molecule has 2 N–H and O–H groups in total. The summed E-state index contributed by atoms with van der Waals surface area (Å²) in [7, 11) is 1.31. The largest absolute Gasteiger partial charge is 0.496 e. The van der Waals surface area contributed by atoms with E-state index in [1.807, 2.05) is 0 Å². The van der Waals surface area contributed by atoms with Crippen molar-refractivity contribution in [3.05, 3.63) is 29.6 Å². The number of hydrogen-bond donors (Lipinski definition) is 1. The van der Waals surface area contributed by atoms with Crippen LogP contribution < -0.4 is 10.5 Å². The van der Waals surface area contributed by atoms with Crippen molar-refractivity contribution in [1.29, 1.82) is 0 Å². The zero-order chi connectivity index (χ0) is 13.7. The lowest BCUT2D eigenvalue weighted by molar-refractivity contribution is -0.149. The second-order valence-corrected chi connectivity index (χ2v) is 3.57. The number of carbonyl (C=O) groups is 1. The van der Waals surface area contributed by atoms with Crippen LogP contribution >= 0.6 is 0 Å². The van der Waals surface area contributed by atoms with E-state index in [9.17, 15) is 13.6 Å². The third-order valence-electron chi connectivity index (χ3n) is 2.38. The molecule has 4 nitrogen and oxygen atoms in total. The van der Waals surface area contributed by atoms with Gasteiger partial charge in [-0.25, -0.2) is 13.6 Å². The van der Waals surface area contributed by atoms with Gasteiger partial charge in [-0.05, 0) is 13.0 Å². The summed E-state index contributed by atoms with van der Waals surface area (Å²) in [5.74, 6) is -1.49. The van der Waals surface area contributed by atoms with Crippen molar-refractivity contribution in [2.24, 2.45) is 5.73 Å². The molecule has 100 valence electrons. The summed E-state index contributed by atoms with van der Waals surface area (Å²) in [4.78, 5) is 11.2. The lowest BCUT2D eigenvalue weighted by Gasteiger charge is -2.18. The molecule has 0 fully saturated rings. The highest BCUT2D eigenvalue weighted by Crippen LogP contribution is 2.28. The van der Waals surface area contributed by atoms with Crippen LogP contribution in [-0.2, 0) is 9.53 Å². The van der Waals surface area contributed by atoms with Crippen molar-refractivity contribution in [2.75, 3.05) is 13.7 Å². The second kappa shape index (κ2) is 6.30. The third kappa shape index (κ3) is 3.16. The Kier molecular flexibility index (Phi) is 5.03. The first-order chi connectivity index (χ1) is 8.51. The van der Waals surface area contributed by atoms with Gasteiger partial charge in [0, 0.05) is 11.6 Å². The van der Waals surface area contributed by atoms with Crippen molar-refractivity contribution in [3.63, 3.8) is 0 Å². The van der Waals surface area contributed by atoms with Gasteiger partial charge in [-0.15, -0.1) is 0 Å². The Morgan fingerprint density at radius 2 is 2.17 bits per heavy atom. The van der Waals surface area contributed by atoms with Crippen molar-refractivity contribution in [1.82, 2.24) is 0 Å². The van der Waals surface area contributed by atoms with E-state index >= 15 is 0 Å². The summed E-state index contributed by atoms with van der Waals surface area (Å²) in [6.07, 6.45) is -2.02. The first kappa shape index (κ1) is 14.4. The fourth-order valence-corrected chi connectivity index (χ4v) is 1.49. The Hall–Kier alpha value is -1.69. The van der Waals surface area contributed by atoms with Gasteiger partial charge in [-0.2, -0.15) is 0 Å². The smallest absolute Gasteiger partial charge is 0.342 e. The normalized spacial score (nSPS) is 13.8. The van der Waals surface area contributed by atoms with Crippen molar-refractivity contribution >= 4 is 5.97 Å². The summed E-state index contributed by atoms with van der Waals surface area (Å²) >= 11 is 0.